The van der Waals surface area contributed by atoms with E-state index in [4.69, 9.17) is 9.47 Å². The molecule has 176 valence electrons. The standard InChI is InChI=1S/C23H25BrN2O6S/c1-15(2)32-14-20-25-22(27)21(33(29,30)18-11-9-17(24)10-12-18)23(28)26(20)19(13-31-3)16-7-5-4-6-8-16/h4-12,15,19,28H,13-14H2,1-3H3/t19-/m0/s1. The van der Waals surface area contributed by atoms with E-state index in [1.807, 2.05) is 44.2 Å². The van der Waals surface area contributed by atoms with Crippen LogP contribution in [0.1, 0.15) is 31.3 Å². The second-order valence-electron chi connectivity index (χ2n) is 7.55. The molecule has 1 N–H and O–H groups in total. The smallest absolute Gasteiger partial charge is 0.296 e. The highest BCUT2D eigenvalue weighted by Crippen LogP contribution is 2.32. The van der Waals surface area contributed by atoms with Crippen LogP contribution in [0.4, 0.5) is 0 Å². The lowest BCUT2D eigenvalue weighted by atomic mass is 10.1. The van der Waals surface area contributed by atoms with E-state index in [9.17, 15) is 18.3 Å². The topological polar surface area (TPSA) is 108 Å². The number of methoxy groups -OCH3 is 1. The van der Waals surface area contributed by atoms with Gasteiger partial charge in [0.15, 0.2) is 4.90 Å². The van der Waals surface area contributed by atoms with Gasteiger partial charge < -0.3 is 14.6 Å². The summed E-state index contributed by atoms with van der Waals surface area (Å²) in [4.78, 5) is 16.0. The van der Waals surface area contributed by atoms with Gasteiger partial charge in [0, 0.05) is 11.6 Å². The molecule has 0 aliphatic rings. The molecule has 3 rings (SSSR count). The third kappa shape index (κ3) is 5.52. The van der Waals surface area contributed by atoms with Gasteiger partial charge in [-0.25, -0.2) is 8.42 Å². The third-order valence-corrected chi connectivity index (χ3v) is 7.21. The van der Waals surface area contributed by atoms with Crippen LogP contribution in [-0.2, 0) is 25.9 Å². The number of halogens is 1. The zero-order valence-corrected chi connectivity index (χ0v) is 20.8. The summed E-state index contributed by atoms with van der Waals surface area (Å²) in [6, 6.07) is 14.2. The quantitative estimate of drug-likeness (QED) is 0.444. The predicted molar refractivity (Wildman–Crippen MR) is 126 cm³/mol. The Bertz CT molecular complexity index is 1260. The van der Waals surface area contributed by atoms with E-state index < -0.39 is 32.2 Å². The summed E-state index contributed by atoms with van der Waals surface area (Å²) in [6.07, 6.45) is -0.179. The minimum atomic E-state index is -4.37. The first-order chi connectivity index (χ1) is 15.7. The van der Waals surface area contributed by atoms with Crippen LogP contribution in [0.15, 0.2) is 73.7 Å². The molecule has 3 aromatic rings. The summed E-state index contributed by atoms with van der Waals surface area (Å²) >= 11 is 3.26. The largest absolute Gasteiger partial charge is 0.493 e. The van der Waals surface area contributed by atoms with Crippen LogP contribution in [0, 0.1) is 0 Å². The molecule has 0 fully saturated rings. The number of aromatic hydroxyl groups is 1. The van der Waals surface area contributed by atoms with E-state index in [2.05, 4.69) is 20.9 Å². The Labute approximate surface area is 200 Å². The van der Waals surface area contributed by atoms with E-state index in [1.165, 1.54) is 23.8 Å². The van der Waals surface area contributed by atoms with Crippen LogP contribution in [0.2, 0.25) is 0 Å². The summed E-state index contributed by atoms with van der Waals surface area (Å²) in [6.45, 7) is 3.62. The van der Waals surface area contributed by atoms with Gasteiger partial charge in [0.05, 0.1) is 23.6 Å². The van der Waals surface area contributed by atoms with Crippen molar-refractivity contribution in [2.45, 2.75) is 42.4 Å². The molecule has 1 atom stereocenters. The zero-order valence-electron chi connectivity index (χ0n) is 18.4. The Balaban J connectivity index is 2.29. The maximum absolute atomic E-state index is 13.3. The zero-order chi connectivity index (χ0) is 24.2. The monoisotopic (exact) mass is 536 g/mol. The number of sulfone groups is 1. The van der Waals surface area contributed by atoms with E-state index >= 15 is 0 Å². The molecule has 0 radical (unpaired) electrons. The van der Waals surface area contributed by atoms with Gasteiger partial charge in [0.1, 0.15) is 12.4 Å². The van der Waals surface area contributed by atoms with Gasteiger partial charge in [-0.1, -0.05) is 46.3 Å². The van der Waals surface area contributed by atoms with Crippen molar-refractivity contribution in [3.05, 3.63) is 80.8 Å². The Hall–Kier alpha value is -2.53. The van der Waals surface area contributed by atoms with E-state index in [0.29, 0.717) is 4.47 Å². The normalized spacial score (nSPS) is 12.8. The van der Waals surface area contributed by atoms with Crippen LogP contribution in [0.5, 0.6) is 5.88 Å². The molecule has 1 heterocycles. The molecule has 0 aliphatic heterocycles. The van der Waals surface area contributed by atoms with Crippen molar-refractivity contribution >= 4 is 25.8 Å². The van der Waals surface area contributed by atoms with Gasteiger partial charge in [0.2, 0.25) is 15.7 Å². The fourth-order valence-electron chi connectivity index (χ4n) is 3.34. The number of benzene rings is 2. The highest BCUT2D eigenvalue weighted by molar-refractivity contribution is 9.10. The van der Waals surface area contributed by atoms with Gasteiger partial charge in [0.25, 0.3) is 5.56 Å². The number of nitrogens with zero attached hydrogens (tertiary/aromatic N) is 2. The molecular weight excluding hydrogens is 512 g/mol. The van der Waals surface area contributed by atoms with Crippen molar-refractivity contribution in [2.75, 3.05) is 13.7 Å². The maximum atomic E-state index is 13.3. The van der Waals surface area contributed by atoms with Crippen LogP contribution < -0.4 is 5.56 Å². The lowest BCUT2D eigenvalue weighted by Gasteiger charge is -2.25. The minimum Gasteiger partial charge on any atom is -0.493 e. The molecule has 1 aromatic heterocycles. The number of aromatic nitrogens is 2. The Morgan fingerprint density at radius 1 is 1.09 bits per heavy atom. The summed E-state index contributed by atoms with van der Waals surface area (Å²) < 4.78 is 39.7. The number of hydrogen-bond donors (Lipinski definition) is 1. The summed E-state index contributed by atoms with van der Waals surface area (Å²) in [7, 11) is -2.87. The second-order valence-corrected chi connectivity index (χ2v) is 10.4. The predicted octanol–water partition coefficient (Wildman–Crippen LogP) is 3.71. The van der Waals surface area contributed by atoms with Crippen LogP contribution in [-0.4, -0.2) is 42.9 Å². The van der Waals surface area contributed by atoms with Gasteiger partial charge >= 0.3 is 0 Å². The Morgan fingerprint density at radius 3 is 2.30 bits per heavy atom. The van der Waals surface area contributed by atoms with Crippen LogP contribution in [0.3, 0.4) is 0 Å². The fraction of sp³-hybridized carbons (Fsp3) is 0.304. The summed E-state index contributed by atoms with van der Waals surface area (Å²) in [5.74, 6) is -0.627. The SMILES string of the molecule is COC[C@@H](c1ccccc1)n1c(COC(C)C)nc(=O)c(S(=O)(=O)c2ccc(Br)cc2)c1O. The van der Waals surface area contributed by atoms with Gasteiger partial charge in [-0.15, -0.1) is 0 Å². The molecule has 0 spiro atoms. The third-order valence-electron chi connectivity index (χ3n) is 4.89. The molecule has 10 heteroatoms. The van der Waals surface area contributed by atoms with Crippen LogP contribution >= 0.6 is 15.9 Å². The number of hydrogen-bond acceptors (Lipinski definition) is 7. The number of rotatable bonds is 9. The summed E-state index contributed by atoms with van der Waals surface area (Å²) in [5.41, 5.74) is -0.323. The molecule has 0 saturated carbocycles. The molecule has 0 saturated heterocycles. The Morgan fingerprint density at radius 2 is 1.73 bits per heavy atom. The van der Waals surface area contributed by atoms with Crippen molar-refractivity contribution in [3.63, 3.8) is 0 Å². The van der Waals surface area contributed by atoms with Crippen molar-refractivity contribution in [1.82, 2.24) is 9.55 Å². The van der Waals surface area contributed by atoms with Crippen molar-refractivity contribution in [3.8, 4) is 5.88 Å². The van der Waals surface area contributed by atoms with Crippen molar-refractivity contribution < 1.29 is 23.0 Å². The Kier molecular flexibility index (Phi) is 8.06. The first kappa shape index (κ1) is 25.1. The highest BCUT2D eigenvalue weighted by Gasteiger charge is 2.32. The first-order valence-corrected chi connectivity index (χ1v) is 12.4. The second kappa shape index (κ2) is 10.6. The van der Waals surface area contributed by atoms with Gasteiger partial charge in [-0.05, 0) is 43.7 Å². The molecular formula is C23H25BrN2O6S. The van der Waals surface area contributed by atoms with Crippen LogP contribution in [0.25, 0.3) is 0 Å². The first-order valence-electron chi connectivity index (χ1n) is 10.2. The highest BCUT2D eigenvalue weighted by atomic mass is 79.9. The van der Waals surface area contributed by atoms with Gasteiger partial charge in [-0.3, -0.25) is 9.36 Å². The molecule has 2 aromatic carbocycles. The molecule has 0 aliphatic carbocycles. The molecule has 33 heavy (non-hydrogen) atoms. The molecule has 0 bridgehead atoms. The van der Waals surface area contributed by atoms with E-state index in [1.54, 1.807) is 12.1 Å². The number of ether oxygens (including phenoxy) is 2. The van der Waals surface area contributed by atoms with Gasteiger partial charge in [-0.2, -0.15) is 4.98 Å². The average molecular weight is 537 g/mol. The lowest BCUT2D eigenvalue weighted by molar-refractivity contribution is 0.0554. The van der Waals surface area contributed by atoms with E-state index in [0.717, 1.165) is 5.56 Å². The molecule has 0 unspecified atom stereocenters. The molecule has 0 amide bonds. The lowest BCUT2D eigenvalue weighted by Crippen LogP contribution is -2.29. The summed E-state index contributed by atoms with van der Waals surface area (Å²) in [5, 5.41) is 11.2. The fourth-order valence-corrected chi connectivity index (χ4v) is 4.95. The molecule has 8 nitrogen and oxygen atoms in total. The minimum absolute atomic E-state index is 0.0897. The van der Waals surface area contributed by atoms with Crippen molar-refractivity contribution in [1.29, 1.82) is 0 Å². The van der Waals surface area contributed by atoms with Crippen molar-refractivity contribution in [2.24, 2.45) is 0 Å². The average Bonchev–Trinajstić information content (AvgIpc) is 2.77. The maximum Gasteiger partial charge on any atom is 0.296 e. The van der Waals surface area contributed by atoms with E-state index in [-0.39, 0.29) is 30.0 Å².